The van der Waals surface area contributed by atoms with Crippen molar-refractivity contribution in [1.29, 1.82) is 0 Å². The minimum atomic E-state index is -0.942. The average molecular weight is 257 g/mol. The maximum atomic E-state index is 11.6. The van der Waals surface area contributed by atoms with Crippen LogP contribution in [0.5, 0.6) is 0 Å². The Morgan fingerprint density at radius 1 is 1.21 bits per heavy atom. The SMILES string of the molecule is NC(CO)C(=O)Nc1cccc(-c2ccccc2)n1. The van der Waals surface area contributed by atoms with E-state index in [1.807, 2.05) is 36.4 Å². The zero-order valence-corrected chi connectivity index (χ0v) is 10.3. The number of benzene rings is 1. The lowest BCUT2D eigenvalue weighted by atomic mass is 10.1. The van der Waals surface area contributed by atoms with E-state index in [2.05, 4.69) is 10.3 Å². The van der Waals surface area contributed by atoms with Gasteiger partial charge in [-0.3, -0.25) is 4.79 Å². The number of hydrogen-bond acceptors (Lipinski definition) is 4. The van der Waals surface area contributed by atoms with Crippen LogP contribution in [0.2, 0.25) is 0 Å². The Labute approximate surface area is 111 Å². The molecule has 5 heteroatoms. The van der Waals surface area contributed by atoms with Gasteiger partial charge in [0.15, 0.2) is 0 Å². The number of pyridine rings is 1. The Morgan fingerprint density at radius 2 is 1.95 bits per heavy atom. The van der Waals surface area contributed by atoms with Gasteiger partial charge in [0.05, 0.1) is 12.3 Å². The largest absolute Gasteiger partial charge is 0.394 e. The van der Waals surface area contributed by atoms with Gasteiger partial charge in [-0.05, 0) is 12.1 Å². The number of nitrogens with zero attached hydrogens (tertiary/aromatic N) is 1. The standard InChI is InChI=1S/C14H15N3O2/c15-11(9-18)14(19)17-13-8-4-7-12(16-13)10-5-2-1-3-6-10/h1-8,11,18H,9,15H2,(H,16,17,19). The maximum absolute atomic E-state index is 11.6. The number of hydrogen-bond donors (Lipinski definition) is 3. The molecular formula is C14H15N3O2. The highest BCUT2D eigenvalue weighted by molar-refractivity contribution is 5.94. The molecule has 19 heavy (non-hydrogen) atoms. The van der Waals surface area contributed by atoms with Crippen LogP contribution in [-0.4, -0.2) is 28.6 Å². The Balaban J connectivity index is 2.19. The van der Waals surface area contributed by atoms with E-state index in [4.69, 9.17) is 10.8 Å². The van der Waals surface area contributed by atoms with E-state index >= 15 is 0 Å². The molecular weight excluding hydrogens is 242 g/mol. The predicted octanol–water partition coefficient (Wildman–Crippen LogP) is 1.01. The van der Waals surface area contributed by atoms with Crippen LogP contribution in [0.4, 0.5) is 5.82 Å². The lowest BCUT2D eigenvalue weighted by Gasteiger charge is -2.09. The van der Waals surface area contributed by atoms with Crippen molar-refractivity contribution < 1.29 is 9.90 Å². The molecule has 0 radical (unpaired) electrons. The first kappa shape index (κ1) is 13.2. The van der Waals surface area contributed by atoms with Gasteiger partial charge in [-0.25, -0.2) is 4.98 Å². The summed E-state index contributed by atoms with van der Waals surface area (Å²) in [5, 5.41) is 11.4. The molecule has 2 aromatic rings. The van der Waals surface area contributed by atoms with Crippen LogP contribution in [0.25, 0.3) is 11.3 Å². The molecule has 0 aliphatic carbocycles. The van der Waals surface area contributed by atoms with Gasteiger partial charge in [0.25, 0.3) is 0 Å². The van der Waals surface area contributed by atoms with Gasteiger partial charge in [-0.1, -0.05) is 36.4 Å². The fourth-order valence-electron chi connectivity index (χ4n) is 1.58. The number of aliphatic hydroxyl groups is 1. The van der Waals surface area contributed by atoms with E-state index in [0.717, 1.165) is 11.3 Å². The van der Waals surface area contributed by atoms with Crippen LogP contribution in [0, 0.1) is 0 Å². The molecule has 0 saturated carbocycles. The van der Waals surface area contributed by atoms with E-state index in [9.17, 15) is 4.79 Å². The molecule has 1 heterocycles. The van der Waals surface area contributed by atoms with Crippen LogP contribution in [0.15, 0.2) is 48.5 Å². The molecule has 1 aromatic heterocycles. The molecule has 98 valence electrons. The summed E-state index contributed by atoms with van der Waals surface area (Å²) in [6, 6.07) is 14.0. The Morgan fingerprint density at radius 3 is 2.63 bits per heavy atom. The van der Waals surface area contributed by atoms with Gasteiger partial charge in [0.2, 0.25) is 5.91 Å². The van der Waals surface area contributed by atoms with E-state index in [-0.39, 0.29) is 0 Å². The van der Waals surface area contributed by atoms with Gasteiger partial charge in [0.1, 0.15) is 11.9 Å². The summed E-state index contributed by atoms with van der Waals surface area (Å²) < 4.78 is 0. The Kier molecular flexibility index (Phi) is 4.22. The molecule has 4 N–H and O–H groups in total. The summed E-state index contributed by atoms with van der Waals surface area (Å²) in [6.45, 7) is -0.399. The second-order valence-electron chi connectivity index (χ2n) is 4.05. The molecule has 0 aliphatic rings. The van der Waals surface area contributed by atoms with Gasteiger partial charge in [0, 0.05) is 5.56 Å². The first-order valence-electron chi connectivity index (χ1n) is 5.90. The van der Waals surface area contributed by atoms with Crippen LogP contribution < -0.4 is 11.1 Å². The molecule has 0 spiro atoms. The number of anilines is 1. The highest BCUT2D eigenvalue weighted by atomic mass is 16.3. The molecule has 1 aromatic carbocycles. The number of aromatic nitrogens is 1. The number of rotatable bonds is 4. The molecule has 1 atom stereocenters. The molecule has 1 amide bonds. The molecule has 0 aliphatic heterocycles. The topological polar surface area (TPSA) is 88.2 Å². The monoisotopic (exact) mass is 257 g/mol. The van der Waals surface area contributed by atoms with E-state index in [1.54, 1.807) is 12.1 Å². The van der Waals surface area contributed by atoms with Gasteiger partial charge < -0.3 is 16.2 Å². The Hall–Kier alpha value is -2.24. The van der Waals surface area contributed by atoms with Crippen LogP contribution in [0.1, 0.15) is 0 Å². The van der Waals surface area contributed by atoms with Crippen molar-refractivity contribution in [3.8, 4) is 11.3 Å². The number of nitrogens with one attached hydrogen (secondary N) is 1. The maximum Gasteiger partial charge on any atom is 0.244 e. The molecule has 1 unspecified atom stereocenters. The number of carbonyl (C=O) groups excluding carboxylic acids is 1. The Bertz CT molecular complexity index is 558. The van der Waals surface area contributed by atoms with Gasteiger partial charge in [-0.2, -0.15) is 0 Å². The molecule has 2 rings (SSSR count). The molecule has 0 fully saturated rings. The summed E-state index contributed by atoms with van der Waals surface area (Å²) in [5.74, 6) is -0.0459. The van der Waals surface area contributed by atoms with Crippen LogP contribution in [0.3, 0.4) is 0 Å². The van der Waals surface area contributed by atoms with Crippen molar-refractivity contribution in [1.82, 2.24) is 4.98 Å². The lowest BCUT2D eigenvalue weighted by Crippen LogP contribution is -2.38. The zero-order valence-electron chi connectivity index (χ0n) is 10.3. The fourth-order valence-corrected chi connectivity index (χ4v) is 1.58. The third-order valence-corrected chi connectivity index (χ3v) is 2.60. The quantitative estimate of drug-likeness (QED) is 0.762. The smallest absolute Gasteiger partial charge is 0.244 e. The van der Waals surface area contributed by atoms with E-state index < -0.39 is 18.6 Å². The molecule has 0 saturated heterocycles. The summed E-state index contributed by atoms with van der Waals surface area (Å²) >= 11 is 0. The van der Waals surface area contributed by atoms with Crippen molar-refractivity contribution >= 4 is 11.7 Å². The molecule has 5 nitrogen and oxygen atoms in total. The fraction of sp³-hybridized carbons (Fsp3) is 0.143. The number of aliphatic hydroxyl groups excluding tert-OH is 1. The summed E-state index contributed by atoms with van der Waals surface area (Å²) in [6.07, 6.45) is 0. The first-order chi connectivity index (χ1) is 9.20. The summed E-state index contributed by atoms with van der Waals surface area (Å²) in [4.78, 5) is 15.9. The summed E-state index contributed by atoms with van der Waals surface area (Å²) in [5.41, 5.74) is 7.15. The average Bonchev–Trinajstić information content (AvgIpc) is 2.47. The second kappa shape index (κ2) is 6.08. The van der Waals surface area contributed by atoms with Crippen molar-refractivity contribution in [3.63, 3.8) is 0 Å². The van der Waals surface area contributed by atoms with E-state index in [0.29, 0.717) is 5.82 Å². The second-order valence-corrected chi connectivity index (χ2v) is 4.05. The van der Waals surface area contributed by atoms with Crippen molar-refractivity contribution in [2.45, 2.75) is 6.04 Å². The number of amides is 1. The minimum Gasteiger partial charge on any atom is -0.394 e. The summed E-state index contributed by atoms with van der Waals surface area (Å²) in [7, 11) is 0. The third-order valence-electron chi connectivity index (χ3n) is 2.60. The highest BCUT2D eigenvalue weighted by Crippen LogP contribution is 2.18. The van der Waals surface area contributed by atoms with Crippen LogP contribution in [-0.2, 0) is 4.79 Å². The van der Waals surface area contributed by atoms with E-state index in [1.165, 1.54) is 0 Å². The van der Waals surface area contributed by atoms with Crippen molar-refractivity contribution in [2.24, 2.45) is 5.73 Å². The normalized spacial score (nSPS) is 11.9. The minimum absolute atomic E-state index is 0.399. The number of carbonyl (C=O) groups is 1. The third kappa shape index (κ3) is 3.37. The lowest BCUT2D eigenvalue weighted by molar-refractivity contribution is -0.118. The molecule has 0 bridgehead atoms. The zero-order chi connectivity index (χ0) is 13.7. The van der Waals surface area contributed by atoms with Gasteiger partial charge >= 0.3 is 0 Å². The van der Waals surface area contributed by atoms with Crippen molar-refractivity contribution in [2.75, 3.05) is 11.9 Å². The van der Waals surface area contributed by atoms with Gasteiger partial charge in [-0.15, -0.1) is 0 Å². The predicted molar refractivity (Wildman–Crippen MR) is 73.4 cm³/mol. The van der Waals surface area contributed by atoms with Crippen LogP contribution >= 0.6 is 0 Å². The van der Waals surface area contributed by atoms with Crippen molar-refractivity contribution in [3.05, 3.63) is 48.5 Å². The highest BCUT2D eigenvalue weighted by Gasteiger charge is 2.12. The number of nitrogens with two attached hydrogens (primary N) is 1. The first-order valence-corrected chi connectivity index (χ1v) is 5.90.